The van der Waals surface area contributed by atoms with E-state index in [1.807, 2.05) is 29.2 Å². The van der Waals surface area contributed by atoms with E-state index in [2.05, 4.69) is 10.3 Å². The highest BCUT2D eigenvalue weighted by atomic mass is 35.5. The van der Waals surface area contributed by atoms with E-state index in [9.17, 15) is 9.59 Å². The maximum absolute atomic E-state index is 13.8. The van der Waals surface area contributed by atoms with Gasteiger partial charge >= 0.3 is 0 Å². The van der Waals surface area contributed by atoms with E-state index in [4.69, 9.17) is 16.0 Å². The van der Waals surface area contributed by atoms with Gasteiger partial charge in [-0.25, -0.2) is 4.98 Å². The number of thiazole rings is 1. The zero-order valence-corrected chi connectivity index (χ0v) is 18.5. The lowest BCUT2D eigenvalue weighted by atomic mass is 9.77. The summed E-state index contributed by atoms with van der Waals surface area (Å²) in [5.41, 5.74) is 2.01. The molecule has 1 aliphatic carbocycles. The molecule has 0 atom stereocenters. The van der Waals surface area contributed by atoms with Crippen LogP contribution in [0.2, 0.25) is 5.02 Å². The van der Waals surface area contributed by atoms with Crippen molar-refractivity contribution in [2.24, 2.45) is 0 Å². The fourth-order valence-corrected chi connectivity index (χ4v) is 5.81. The molecule has 1 aliphatic heterocycles. The molecule has 5 rings (SSSR count). The second-order valence-corrected chi connectivity index (χ2v) is 9.65. The second-order valence-electron chi connectivity index (χ2n) is 8.13. The van der Waals surface area contributed by atoms with Gasteiger partial charge in [-0.05, 0) is 36.6 Å². The third-order valence-corrected chi connectivity index (χ3v) is 7.54. The van der Waals surface area contributed by atoms with Crippen LogP contribution in [-0.2, 0) is 23.2 Å². The maximum Gasteiger partial charge on any atom is 0.260 e. The van der Waals surface area contributed by atoms with Crippen LogP contribution in [-0.4, -0.2) is 28.2 Å². The molecule has 0 unspecified atom stereocenters. The highest BCUT2D eigenvalue weighted by Crippen LogP contribution is 2.44. The lowest BCUT2D eigenvalue weighted by molar-refractivity contribution is -0.138. The van der Waals surface area contributed by atoms with E-state index in [1.165, 1.54) is 23.9 Å². The SMILES string of the molecule is O=C(Nc1nc2c(s1)CN(C(=O)C1(c3ccc(Cl)cc3)CCCC1)CC2)c1ccoc1. The molecule has 8 heteroatoms. The van der Waals surface area contributed by atoms with Crippen molar-refractivity contribution in [2.45, 2.75) is 44.1 Å². The Bertz CT molecular complexity index is 1100. The van der Waals surface area contributed by atoms with Gasteiger partial charge in [0, 0.05) is 22.9 Å². The summed E-state index contributed by atoms with van der Waals surface area (Å²) in [7, 11) is 0. The first-order valence-corrected chi connectivity index (χ1v) is 11.6. The smallest absolute Gasteiger partial charge is 0.260 e. The first kappa shape index (κ1) is 20.3. The Morgan fingerprint density at radius 3 is 2.65 bits per heavy atom. The Hall–Kier alpha value is -2.64. The number of fused-ring (bicyclic) bond motifs is 1. The summed E-state index contributed by atoms with van der Waals surface area (Å²) < 4.78 is 4.97. The molecule has 0 saturated heterocycles. The minimum atomic E-state index is -0.467. The largest absolute Gasteiger partial charge is 0.472 e. The van der Waals surface area contributed by atoms with Gasteiger partial charge in [0.05, 0.1) is 29.5 Å². The molecular weight excluding hydrogens is 434 g/mol. The van der Waals surface area contributed by atoms with Crippen LogP contribution in [0, 0.1) is 0 Å². The number of carbonyl (C=O) groups excluding carboxylic acids is 2. The Labute approximate surface area is 189 Å². The number of hydrogen-bond acceptors (Lipinski definition) is 5. The summed E-state index contributed by atoms with van der Waals surface area (Å²) >= 11 is 7.52. The van der Waals surface area contributed by atoms with Crippen molar-refractivity contribution in [3.8, 4) is 0 Å². The minimum absolute atomic E-state index is 0.190. The quantitative estimate of drug-likeness (QED) is 0.598. The molecule has 1 N–H and O–H groups in total. The average Bonchev–Trinajstić information content (AvgIpc) is 3.53. The van der Waals surface area contributed by atoms with Crippen LogP contribution in [0.4, 0.5) is 5.13 Å². The molecule has 6 nitrogen and oxygen atoms in total. The van der Waals surface area contributed by atoms with Crippen molar-refractivity contribution in [1.82, 2.24) is 9.88 Å². The van der Waals surface area contributed by atoms with Crippen LogP contribution < -0.4 is 5.32 Å². The monoisotopic (exact) mass is 455 g/mol. The van der Waals surface area contributed by atoms with Crippen molar-refractivity contribution in [3.05, 3.63) is 69.6 Å². The van der Waals surface area contributed by atoms with Crippen molar-refractivity contribution in [3.63, 3.8) is 0 Å². The van der Waals surface area contributed by atoms with Crippen molar-refractivity contribution in [1.29, 1.82) is 0 Å². The Morgan fingerprint density at radius 2 is 1.94 bits per heavy atom. The number of aromatic nitrogens is 1. The summed E-state index contributed by atoms with van der Waals surface area (Å²) in [5, 5.41) is 4.07. The molecule has 1 saturated carbocycles. The van der Waals surface area contributed by atoms with Crippen LogP contribution in [0.5, 0.6) is 0 Å². The van der Waals surface area contributed by atoms with Crippen LogP contribution >= 0.6 is 22.9 Å². The molecule has 3 aromatic rings. The Morgan fingerprint density at radius 1 is 1.16 bits per heavy atom. The number of rotatable bonds is 4. The molecule has 31 heavy (non-hydrogen) atoms. The lowest BCUT2D eigenvalue weighted by Gasteiger charge is -2.36. The number of amides is 2. The average molecular weight is 456 g/mol. The summed E-state index contributed by atoms with van der Waals surface area (Å²) in [4.78, 5) is 33.6. The van der Waals surface area contributed by atoms with Crippen LogP contribution in [0.3, 0.4) is 0 Å². The number of carbonyl (C=O) groups is 2. The summed E-state index contributed by atoms with van der Waals surface area (Å²) in [6.07, 6.45) is 7.40. The molecule has 1 aromatic carbocycles. The summed E-state index contributed by atoms with van der Waals surface area (Å²) in [5.74, 6) is -0.0595. The van der Waals surface area contributed by atoms with Gasteiger partial charge in [0.2, 0.25) is 5.91 Å². The molecule has 3 heterocycles. The summed E-state index contributed by atoms with van der Waals surface area (Å²) in [6, 6.07) is 9.35. The zero-order chi connectivity index (χ0) is 21.4. The van der Waals surface area contributed by atoms with Gasteiger partial charge < -0.3 is 9.32 Å². The van der Waals surface area contributed by atoms with Crippen molar-refractivity contribution >= 4 is 39.9 Å². The third kappa shape index (κ3) is 3.77. The number of nitrogens with one attached hydrogen (secondary N) is 1. The Kier molecular flexibility index (Phi) is 5.32. The van der Waals surface area contributed by atoms with Crippen LogP contribution in [0.25, 0.3) is 0 Å². The summed E-state index contributed by atoms with van der Waals surface area (Å²) in [6.45, 7) is 1.17. The number of benzene rings is 1. The van der Waals surface area contributed by atoms with Gasteiger partial charge in [-0.15, -0.1) is 0 Å². The fourth-order valence-electron chi connectivity index (χ4n) is 4.66. The van der Waals surface area contributed by atoms with Gasteiger partial charge in [-0.3, -0.25) is 14.9 Å². The van der Waals surface area contributed by atoms with E-state index in [1.54, 1.807) is 6.07 Å². The van der Waals surface area contributed by atoms with Gasteiger partial charge in [0.25, 0.3) is 5.91 Å². The number of furan rings is 1. The van der Waals surface area contributed by atoms with Crippen LogP contribution in [0.1, 0.15) is 52.2 Å². The molecule has 0 spiro atoms. The highest BCUT2D eigenvalue weighted by Gasteiger charge is 2.45. The number of halogens is 1. The van der Waals surface area contributed by atoms with E-state index in [0.717, 1.165) is 41.8 Å². The Balaban J connectivity index is 1.35. The molecule has 2 aliphatic rings. The minimum Gasteiger partial charge on any atom is -0.472 e. The predicted octanol–water partition coefficient (Wildman–Crippen LogP) is 5.04. The highest BCUT2D eigenvalue weighted by molar-refractivity contribution is 7.15. The lowest BCUT2D eigenvalue weighted by Crippen LogP contribution is -2.47. The molecule has 0 bridgehead atoms. The topological polar surface area (TPSA) is 75.4 Å². The number of hydrogen-bond donors (Lipinski definition) is 1. The van der Waals surface area contributed by atoms with Crippen LogP contribution in [0.15, 0.2) is 47.3 Å². The second kappa shape index (κ2) is 8.13. The van der Waals surface area contributed by atoms with E-state index < -0.39 is 5.41 Å². The zero-order valence-electron chi connectivity index (χ0n) is 16.9. The van der Waals surface area contributed by atoms with E-state index in [-0.39, 0.29) is 11.8 Å². The van der Waals surface area contributed by atoms with Crippen molar-refractivity contribution < 1.29 is 14.0 Å². The third-order valence-electron chi connectivity index (χ3n) is 6.29. The van der Waals surface area contributed by atoms with E-state index >= 15 is 0 Å². The normalized spacial score (nSPS) is 17.4. The standard InChI is InChI=1S/C23H22ClN3O3S/c24-17-5-3-16(4-6-17)23(9-1-2-10-23)21(29)27-11-7-18-19(13-27)31-22(25-18)26-20(28)15-8-12-30-14-15/h3-6,8,12,14H,1-2,7,9-11,13H2,(H,25,26,28). The molecule has 160 valence electrons. The first-order valence-electron chi connectivity index (χ1n) is 10.4. The first-order chi connectivity index (χ1) is 15.0. The predicted molar refractivity (Wildman–Crippen MR) is 119 cm³/mol. The molecule has 0 radical (unpaired) electrons. The van der Waals surface area contributed by atoms with Gasteiger partial charge in [0.15, 0.2) is 5.13 Å². The fraction of sp³-hybridized carbons (Fsp3) is 0.348. The molecular formula is C23H22ClN3O3S. The molecule has 2 amide bonds. The van der Waals surface area contributed by atoms with E-state index in [0.29, 0.717) is 35.2 Å². The van der Waals surface area contributed by atoms with Gasteiger partial charge in [0.1, 0.15) is 6.26 Å². The molecule has 1 fully saturated rings. The van der Waals surface area contributed by atoms with Gasteiger partial charge in [-0.1, -0.05) is 47.9 Å². The maximum atomic E-state index is 13.8. The molecule has 2 aromatic heterocycles. The van der Waals surface area contributed by atoms with Gasteiger partial charge in [-0.2, -0.15) is 0 Å². The van der Waals surface area contributed by atoms with Crippen molar-refractivity contribution in [2.75, 3.05) is 11.9 Å². The number of nitrogens with zero attached hydrogens (tertiary/aromatic N) is 2. The number of anilines is 1.